The van der Waals surface area contributed by atoms with Crippen molar-refractivity contribution >= 4 is 26.8 Å². The SMILES string of the molecule is COc1ccc(OC)c2c(=O)c(Br)c[nH]c12. The second-order valence-electron chi connectivity index (χ2n) is 3.19. The normalized spacial score (nSPS) is 10.4. The third kappa shape index (κ3) is 1.57. The number of halogens is 1. The number of rotatable bonds is 2. The second kappa shape index (κ2) is 4.17. The Morgan fingerprint density at radius 3 is 2.44 bits per heavy atom. The van der Waals surface area contributed by atoms with Gasteiger partial charge in [0.15, 0.2) is 0 Å². The molecule has 0 bridgehead atoms. The fourth-order valence-corrected chi connectivity index (χ4v) is 1.91. The molecule has 0 radical (unpaired) electrons. The predicted octanol–water partition coefficient (Wildman–Crippen LogP) is 2.31. The van der Waals surface area contributed by atoms with E-state index in [0.29, 0.717) is 26.9 Å². The fraction of sp³-hybridized carbons (Fsp3) is 0.182. The summed E-state index contributed by atoms with van der Waals surface area (Å²) in [4.78, 5) is 15.0. The molecule has 0 unspecified atom stereocenters. The summed E-state index contributed by atoms with van der Waals surface area (Å²) in [5, 5.41) is 0.483. The molecule has 5 heteroatoms. The maximum Gasteiger partial charge on any atom is 0.207 e. The van der Waals surface area contributed by atoms with Crippen LogP contribution in [0.4, 0.5) is 0 Å². The lowest BCUT2D eigenvalue weighted by Gasteiger charge is -2.09. The predicted molar refractivity (Wildman–Crippen MR) is 65.4 cm³/mol. The van der Waals surface area contributed by atoms with E-state index in [-0.39, 0.29) is 5.43 Å². The second-order valence-corrected chi connectivity index (χ2v) is 4.04. The Hall–Kier alpha value is -1.49. The molecular formula is C11H10BrNO3. The summed E-state index contributed by atoms with van der Waals surface area (Å²) in [5.74, 6) is 1.14. The molecule has 1 N–H and O–H groups in total. The van der Waals surface area contributed by atoms with E-state index in [1.165, 1.54) is 7.11 Å². The Kier molecular flexibility index (Phi) is 2.87. The minimum Gasteiger partial charge on any atom is -0.496 e. The van der Waals surface area contributed by atoms with Gasteiger partial charge >= 0.3 is 0 Å². The van der Waals surface area contributed by atoms with Gasteiger partial charge in [0.25, 0.3) is 0 Å². The van der Waals surface area contributed by atoms with Gasteiger partial charge in [-0.2, -0.15) is 0 Å². The molecule has 84 valence electrons. The number of methoxy groups -OCH3 is 2. The van der Waals surface area contributed by atoms with Crippen molar-refractivity contribution in [2.24, 2.45) is 0 Å². The van der Waals surface area contributed by atoms with Crippen molar-refractivity contribution in [3.8, 4) is 11.5 Å². The highest BCUT2D eigenvalue weighted by molar-refractivity contribution is 9.10. The van der Waals surface area contributed by atoms with Gasteiger partial charge in [0.2, 0.25) is 5.43 Å². The molecule has 0 fully saturated rings. The number of aromatic nitrogens is 1. The van der Waals surface area contributed by atoms with Gasteiger partial charge in [-0.3, -0.25) is 4.79 Å². The Balaban J connectivity index is 2.96. The highest BCUT2D eigenvalue weighted by Gasteiger charge is 2.12. The first-order chi connectivity index (χ1) is 7.69. The van der Waals surface area contributed by atoms with E-state index < -0.39 is 0 Å². The van der Waals surface area contributed by atoms with Crippen LogP contribution in [0.25, 0.3) is 10.9 Å². The van der Waals surface area contributed by atoms with E-state index in [0.717, 1.165) is 0 Å². The lowest BCUT2D eigenvalue weighted by atomic mass is 10.2. The van der Waals surface area contributed by atoms with E-state index in [1.54, 1.807) is 25.4 Å². The number of aromatic amines is 1. The summed E-state index contributed by atoms with van der Waals surface area (Å²) in [6, 6.07) is 3.47. The number of hydrogen-bond acceptors (Lipinski definition) is 3. The molecular weight excluding hydrogens is 274 g/mol. The van der Waals surface area contributed by atoms with E-state index in [9.17, 15) is 4.79 Å². The van der Waals surface area contributed by atoms with Crippen molar-refractivity contribution in [3.05, 3.63) is 33.0 Å². The van der Waals surface area contributed by atoms with Crippen LogP contribution in [-0.4, -0.2) is 19.2 Å². The third-order valence-corrected chi connectivity index (χ3v) is 2.94. The quantitative estimate of drug-likeness (QED) is 0.920. The summed E-state index contributed by atoms with van der Waals surface area (Å²) in [5.41, 5.74) is 0.513. The molecule has 1 aromatic carbocycles. The van der Waals surface area contributed by atoms with Crippen LogP contribution in [-0.2, 0) is 0 Å². The number of hydrogen-bond donors (Lipinski definition) is 1. The van der Waals surface area contributed by atoms with Crippen LogP contribution < -0.4 is 14.9 Å². The molecule has 0 saturated heterocycles. The van der Waals surface area contributed by atoms with Crippen LogP contribution in [0, 0.1) is 0 Å². The molecule has 2 rings (SSSR count). The fourth-order valence-electron chi connectivity index (χ4n) is 1.59. The Morgan fingerprint density at radius 1 is 1.19 bits per heavy atom. The lowest BCUT2D eigenvalue weighted by Crippen LogP contribution is -2.06. The first kappa shape index (κ1) is 11.0. The van der Waals surface area contributed by atoms with E-state index in [2.05, 4.69) is 20.9 Å². The minimum atomic E-state index is -0.121. The molecule has 0 aliphatic carbocycles. The average Bonchev–Trinajstić information content (AvgIpc) is 2.32. The maximum atomic E-state index is 12.0. The smallest absolute Gasteiger partial charge is 0.207 e. The summed E-state index contributed by atoms with van der Waals surface area (Å²) < 4.78 is 10.8. The standard InChI is InChI=1S/C11H10BrNO3/c1-15-7-3-4-8(16-2)10-9(7)11(14)6(12)5-13-10/h3-5H,1-2H3,(H,13,14). The number of fused-ring (bicyclic) bond motifs is 1. The van der Waals surface area contributed by atoms with Gasteiger partial charge in [-0.05, 0) is 28.1 Å². The zero-order valence-electron chi connectivity index (χ0n) is 8.83. The Bertz CT molecular complexity index is 592. The topological polar surface area (TPSA) is 51.3 Å². The number of benzene rings is 1. The van der Waals surface area contributed by atoms with Crippen molar-refractivity contribution in [1.82, 2.24) is 4.98 Å². The number of ether oxygens (including phenoxy) is 2. The maximum absolute atomic E-state index is 12.0. The van der Waals surface area contributed by atoms with Crippen molar-refractivity contribution in [3.63, 3.8) is 0 Å². The summed E-state index contributed by atoms with van der Waals surface area (Å²) in [7, 11) is 3.09. The zero-order valence-corrected chi connectivity index (χ0v) is 10.4. The number of nitrogens with one attached hydrogen (secondary N) is 1. The summed E-state index contributed by atoms with van der Waals surface area (Å²) in [6.07, 6.45) is 1.59. The Morgan fingerprint density at radius 2 is 1.81 bits per heavy atom. The molecule has 0 atom stereocenters. The monoisotopic (exact) mass is 283 g/mol. The van der Waals surface area contributed by atoms with E-state index in [4.69, 9.17) is 9.47 Å². The van der Waals surface area contributed by atoms with Crippen molar-refractivity contribution in [2.75, 3.05) is 14.2 Å². The van der Waals surface area contributed by atoms with E-state index >= 15 is 0 Å². The van der Waals surface area contributed by atoms with Crippen molar-refractivity contribution in [2.45, 2.75) is 0 Å². The van der Waals surface area contributed by atoms with Gasteiger partial charge < -0.3 is 14.5 Å². The molecule has 1 aromatic heterocycles. The molecule has 16 heavy (non-hydrogen) atoms. The van der Waals surface area contributed by atoms with Crippen LogP contribution in [0.1, 0.15) is 0 Å². The van der Waals surface area contributed by atoms with Gasteiger partial charge in [0.1, 0.15) is 11.5 Å². The zero-order chi connectivity index (χ0) is 11.7. The van der Waals surface area contributed by atoms with E-state index in [1.807, 2.05) is 0 Å². The molecule has 0 aliphatic rings. The van der Waals surface area contributed by atoms with Gasteiger partial charge in [0, 0.05) is 6.20 Å². The van der Waals surface area contributed by atoms with Crippen molar-refractivity contribution < 1.29 is 9.47 Å². The first-order valence-electron chi connectivity index (χ1n) is 4.61. The highest BCUT2D eigenvalue weighted by Crippen LogP contribution is 2.29. The van der Waals surface area contributed by atoms with Crippen LogP contribution >= 0.6 is 15.9 Å². The number of H-pyrrole nitrogens is 1. The number of pyridine rings is 1. The van der Waals surface area contributed by atoms with Gasteiger partial charge in [-0.15, -0.1) is 0 Å². The van der Waals surface area contributed by atoms with Crippen LogP contribution in [0.3, 0.4) is 0 Å². The van der Waals surface area contributed by atoms with Crippen LogP contribution in [0.2, 0.25) is 0 Å². The third-order valence-electron chi connectivity index (χ3n) is 2.36. The van der Waals surface area contributed by atoms with Gasteiger partial charge in [-0.1, -0.05) is 0 Å². The lowest BCUT2D eigenvalue weighted by molar-refractivity contribution is 0.409. The molecule has 0 spiro atoms. The largest absolute Gasteiger partial charge is 0.496 e. The summed E-state index contributed by atoms with van der Waals surface area (Å²) >= 11 is 3.19. The molecule has 0 amide bonds. The van der Waals surface area contributed by atoms with Crippen LogP contribution in [0.5, 0.6) is 11.5 Å². The van der Waals surface area contributed by atoms with Gasteiger partial charge in [0.05, 0.1) is 29.6 Å². The Labute approximate surface area is 100 Å². The average molecular weight is 284 g/mol. The molecule has 0 saturated carbocycles. The highest BCUT2D eigenvalue weighted by atomic mass is 79.9. The van der Waals surface area contributed by atoms with Crippen LogP contribution in [0.15, 0.2) is 27.6 Å². The van der Waals surface area contributed by atoms with Gasteiger partial charge in [-0.25, -0.2) is 0 Å². The molecule has 0 aliphatic heterocycles. The first-order valence-corrected chi connectivity index (χ1v) is 5.40. The minimum absolute atomic E-state index is 0.121. The summed E-state index contributed by atoms with van der Waals surface area (Å²) in [6.45, 7) is 0. The molecule has 2 aromatic rings. The molecule has 4 nitrogen and oxygen atoms in total. The molecule has 1 heterocycles. The van der Waals surface area contributed by atoms with Crippen molar-refractivity contribution in [1.29, 1.82) is 0 Å².